The molecule has 1 aromatic heterocycles. The molecule has 2 aromatic rings. The average molecular weight is 426 g/mol. The molecule has 0 bridgehead atoms. The lowest BCUT2D eigenvalue weighted by molar-refractivity contribution is 0.214. The van der Waals surface area contributed by atoms with Gasteiger partial charge in [-0.1, -0.05) is 11.6 Å². The number of amides is 2. The molecule has 1 aliphatic heterocycles. The molecular formula is C18H24ClN5O3S. The molecule has 152 valence electrons. The monoisotopic (exact) mass is 425 g/mol. The van der Waals surface area contributed by atoms with E-state index in [0.717, 1.165) is 0 Å². The zero-order valence-electron chi connectivity index (χ0n) is 16.1. The standard InChI is InChI=1S/C18H24ClN5O3S/c1-13-17(14(2)22(3)21-13)28(26,27)24-10-4-9-23(11-12-24)18(25)20-16-7-5-15(19)6-8-16/h5-8H,4,9-12H2,1-3H3,(H,20,25). The molecule has 0 radical (unpaired) electrons. The van der Waals surface area contributed by atoms with Crippen molar-refractivity contribution in [1.82, 2.24) is 19.0 Å². The van der Waals surface area contributed by atoms with Crippen molar-refractivity contribution in [2.45, 2.75) is 25.2 Å². The van der Waals surface area contributed by atoms with E-state index in [2.05, 4.69) is 10.4 Å². The number of carbonyl (C=O) groups excluding carboxylic acids is 1. The summed E-state index contributed by atoms with van der Waals surface area (Å²) >= 11 is 5.86. The lowest BCUT2D eigenvalue weighted by atomic mass is 10.3. The van der Waals surface area contributed by atoms with Gasteiger partial charge < -0.3 is 10.2 Å². The van der Waals surface area contributed by atoms with Gasteiger partial charge in [-0.2, -0.15) is 9.40 Å². The maximum absolute atomic E-state index is 13.1. The zero-order valence-corrected chi connectivity index (χ0v) is 17.7. The highest BCUT2D eigenvalue weighted by Gasteiger charge is 2.32. The van der Waals surface area contributed by atoms with Crippen LogP contribution in [-0.4, -0.2) is 59.6 Å². The van der Waals surface area contributed by atoms with Crippen LogP contribution in [0.15, 0.2) is 29.2 Å². The maximum Gasteiger partial charge on any atom is 0.321 e. The molecular weight excluding hydrogens is 402 g/mol. The number of hydrogen-bond donors (Lipinski definition) is 1. The molecule has 2 amide bonds. The van der Waals surface area contributed by atoms with Crippen molar-refractivity contribution in [3.05, 3.63) is 40.7 Å². The predicted octanol–water partition coefficient (Wildman–Crippen LogP) is 2.62. The van der Waals surface area contributed by atoms with E-state index >= 15 is 0 Å². The summed E-state index contributed by atoms with van der Waals surface area (Å²) in [5.74, 6) is 0. The number of nitrogens with one attached hydrogen (secondary N) is 1. The molecule has 2 heterocycles. The highest BCUT2D eigenvalue weighted by atomic mass is 35.5. The number of aromatic nitrogens is 2. The molecule has 0 spiro atoms. The largest absolute Gasteiger partial charge is 0.323 e. The normalized spacial score (nSPS) is 16.1. The summed E-state index contributed by atoms with van der Waals surface area (Å²) in [5.41, 5.74) is 1.74. The summed E-state index contributed by atoms with van der Waals surface area (Å²) < 4.78 is 29.3. The summed E-state index contributed by atoms with van der Waals surface area (Å²) in [6, 6.07) is 6.60. The van der Waals surface area contributed by atoms with Crippen molar-refractivity contribution in [2.24, 2.45) is 7.05 Å². The highest BCUT2D eigenvalue weighted by molar-refractivity contribution is 7.89. The van der Waals surface area contributed by atoms with Gasteiger partial charge in [-0.15, -0.1) is 0 Å². The maximum atomic E-state index is 13.1. The predicted molar refractivity (Wildman–Crippen MR) is 108 cm³/mol. The van der Waals surface area contributed by atoms with Gasteiger partial charge in [-0.05, 0) is 44.5 Å². The molecule has 0 saturated carbocycles. The van der Waals surface area contributed by atoms with Gasteiger partial charge in [0, 0.05) is 43.9 Å². The Morgan fingerprint density at radius 3 is 2.39 bits per heavy atom. The van der Waals surface area contributed by atoms with E-state index < -0.39 is 10.0 Å². The zero-order chi connectivity index (χ0) is 20.5. The van der Waals surface area contributed by atoms with Gasteiger partial charge in [0.1, 0.15) is 4.90 Å². The molecule has 28 heavy (non-hydrogen) atoms. The second-order valence-electron chi connectivity index (χ2n) is 6.81. The number of benzene rings is 1. The number of sulfonamides is 1. The minimum absolute atomic E-state index is 0.240. The number of rotatable bonds is 3. The van der Waals surface area contributed by atoms with Crippen LogP contribution in [-0.2, 0) is 17.1 Å². The van der Waals surface area contributed by atoms with E-state index in [1.54, 1.807) is 54.7 Å². The fourth-order valence-electron chi connectivity index (χ4n) is 3.33. The van der Waals surface area contributed by atoms with Crippen molar-refractivity contribution in [2.75, 3.05) is 31.5 Å². The Labute approximate surface area is 170 Å². The van der Waals surface area contributed by atoms with E-state index in [9.17, 15) is 13.2 Å². The molecule has 0 atom stereocenters. The van der Waals surface area contributed by atoms with Crippen molar-refractivity contribution in [1.29, 1.82) is 0 Å². The summed E-state index contributed by atoms with van der Waals surface area (Å²) in [4.78, 5) is 14.4. The Hall–Kier alpha value is -2.10. The summed E-state index contributed by atoms with van der Waals surface area (Å²) in [6.07, 6.45) is 0.561. The third kappa shape index (κ3) is 4.16. The van der Waals surface area contributed by atoms with Crippen LogP contribution in [0.5, 0.6) is 0 Å². The number of urea groups is 1. The SMILES string of the molecule is Cc1nn(C)c(C)c1S(=O)(=O)N1CCCN(C(=O)Nc2ccc(Cl)cc2)CC1. The number of nitrogens with zero attached hydrogens (tertiary/aromatic N) is 4. The van der Waals surface area contributed by atoms with Gasteiger partial charge in [-0.25, -0.2) is 13.2 Å². The van der Waals surface area contributed by atoms with E-state index in [1.807, 2.05) is 0 Å². The number of halogens is 1. The lowest BCUT2D eigenvalue weighted by Crippen LogP contribution is -2.39. The second-order valence-corrected chi connectivity index (χ2v) is 9.12. The van der Waals surface area contributed by atoms with Crippen molar-refractivity contribution in [3.8, 4) is 0 Å². The van der Waals surface area contributed by atoms with Crippen molar-refractivity contribution >= 4 is 33.3 Å². The van der Waals surface area contributed by atoms with E-state index in [1.165, 1.54) is 4.31 Å². The summed E-state index contributed by atoms with van der Waals surface area (Å²) in [5, 5.41) is 7.63. The molecule has 1 saturated heterocycles. The lowest BCUT2D eigenvalue weighted by Gasteiger charge is -2.22. The first kappa shape index (κ1) is 20.6. The molecule has 3 rings (SSSR count). The van der Waals surface area contributed by atoms with Crippen LogP contribution >= 0.6 is 11.6 Å². The molecule has 1 aliphatic rings. The number of anilines is 1. The Morgan fingerprint density at radius 2 is 1.79 bits per heavy atom. The third-order valence-electron chi connectivity index (χ3n) is 4.88. The minimum atomic E-state index is -3.66. The molecule has 1 aromatic carbocycles. The van der Waals surface area contributed by atoms with Crippen LogP contribution in [0.2, 0.25) is 5.02 Å². The molecule has 8 nitrogen and oxygen atoms in total. The van der Waals surface area contributed by atoms with Crippen LogP contribution in [0.25, 0.3) is 0 Å². The second kappa shape index (κ2) is 8.10. The highest BCUT2D eigenvalue weighted by Crippen LogP contribution is 2.24. The molecule has 1 N–H and O–H groups in total. The van der Waals surface area contributed by atoms with Crippen LogP contribution in [0.1, 0.15) is 17.8 Å². The molecule has 10 heteroatoms. The van der Waals surface area contributed by atoms with Gasteiger partial charge in [-0.3, -0.25) is 4.68 Å². The fraction of sp³-hybridized carbons (Fsp3) is 0.444. The van der Waals surface area contributed by atoms with Crippen LogP contribution in [0, 0.1) is 13.8 Å². The van der Waals surface area contributed by atoms with E-state index in [4.69, 9.17) is 11.6 Å². The van der Waals surface area contributed by atoms with Gasteiger partial charge in [0.2, 0.25) is 10.0 Å². The van der Waals surface area contributed by atoms with E-state index in [0.29, 0.717) is 48.2 Å². The number of carbonyl (C=O) groups is 1. The Bertz CT molecular complexity index is 972. The van der Waals surface area contributed by atoms with Crippen LogP contribution < -0.4 is 5.32 Å². The summed E-state index contributed by atoms with van der Waals surface area (Å²) in [6.45, 7) is 4.85. The quantitative estimate of drug-likeness (QED) is 0.818. The van der Waals surface area contributed by atoms with Gasteiger partial charge in [0.05, 0.1) is 11.4 Å². The van der Waals surface area contributed by atoms with Crippen LogP contribution in [0.4, 0.5) is 10.5 Å². The van der Waals surface area contributed by atoms with E-state index in [-0.39, 0.29) is 17.5 Å². The number of hydrogen-bond acceptors (Lipinski definition) is 4. The Kier molecular flexibility index (Phi) is 5.97. The molecule has 1 fully saturated rings. The first-order chi connectivity index (χ1) is 13.2. The van der Waals surface area contributed by atoms with Crippen LogP contribution in [0.3, 0.4) is 0 Å². The summed E-state index contributed by atoms with van der Waals surface area (Å²) in [7, 11) is -1.93. The topological polar surface area (TPSA) is 87.5 Å². The average Bonchev–Trinajstić information content (AvgIpc) is 2.82. The molecule has 0 unspecified atom stereocenters. The Balaban J connectivity index is 1.70. The fourth-order valence-corrected chi connectivity index (χ4v) is 5.32. The van der Waals surface area contributed by atoms with Gasteiger partial charge in [0.15, 0.2) is 0 Å². The van der Waals surface area contributed by atoms with Gasteiger partial charge in [0.25, 0.3) is 0 Å². The van der Waals surface area contributed by atoms with Crippen molar-refractivity contribution < 1.29 is 13.2 Å². The molecule has 0 aliphatic carbocycles. The Morgan fingerprint density at radius 1 is 1.11 bits per heavy atom. The first-order valence-corrected chi connectivity index (χ1v) is 10.8. The first-order valence-electron chi connectivity index (χ1n) is 9.02. The third-order valence-corrected chi connectivity index (χ3v) is 7.28. The number of aryl methyl sites for hydroxylation is 2. The van der Waals surface area contributed by atoms with Gasteiger partial charge >= 0.3 is 6.03 Å². The smallest absolute Gasteiger partial charge is 0.321 e. The minimum Gasteiger partial charge on any atom is -0.323 e. The van der Waals surface area contributed by atoms with Crippen molar-refractivity contribution in [3.63, 3.8) is 0 Å².